The molecule has 3 aromatic rings. The molecule has 1 aromatic carbocycles. The lowest BCUT2D eigenvalue weighted by atomic mass is 10.0. The molecule has 6 heteroatoms. The van der Waals surface area contributed by atoms with Crippen LogP contribution < -0.4 is 5.32 Å². The molecule has 0 aliphatic carbocycles. The molecular formula is C17H18N4OS. The van der Waals surface area contributed by atoms with Crippen LogP contribution in [-0.4, -0.2) is 20.9 Å². The first kappa shape index (κ1) is 15.4. The fourth-order valence-electron chi connectivity index (χ4n) is 2.31. The average Bonchev–Trinajstić information content (AvgIpc) is 3.23. The number of aromatic nitrogens is 3. The van der Waals surface area contributed by atoms with Gasteiger partial charge in [0, 0.05) is 11.8 Å². The molecule has 0 aliphatic rings. The van der Waals surface area contributed by atoms with E-state index in [0.717, 1.165) is 17.8 Å². The van der Waals surface area contributed by atoms with Crippen LogP contribution in [0.5, 0.6) is 0 Å². The molecule has 23 heavy (non-hydrogen) atoms. The highest BCUT2D eigenvalue weighted by Gasteiger charge is 2.07. The highest BCUT2D eigenvalue weighted by molar-refractivity contribution is 7.08. The molecule has 0 bridgehead atoms. The molecule has 0 saturated heterocycles. The molecule has 0 fully saturated rings. The first-order chi connectivity index (χ1) is 11.2. The molecule has 0 atom stereocenters. The van der Waals surface area contributed by atoms with Crippen molar-refractivity contribution in [2.24, 2.45) is 0 Å². The van der Waals surface area contributed by atoms with E-state index < -0.39 is 0 Å². The van der Waals surface area contributed by atoms with Gasteiger partial charge in [-0.25, -0.2) is 4.68 Å². The molecule has 0 unspecified atom stereocenters. The molecule has 0 spiro atoms. The Morgan fingerprint density at radius 3 is 2.96 bits per heavy atom. The van der Waals surface area contributed by atoms with Crippen molar-refractivity contribution in [2.45, 2.75) is 26.3 Å². The maximum atomic E-state index is 12.0. The van der Waals surface area contributed by atoms with Crippen LogP contribution in [0, 0.1) is 6.92 Å². The van der Waals surface area contributed by atoms with Gasteiger partial charge in [-0.05, 0) is 35.9 Å². The first-order valence-electron chi connectivity index (χ1n) is 7.47. The number of benzene rings is 1. The number of hydrogen-bond acceptors (Lipinski definition) is 4. The van der Waals surface area contributed by atoms with Crippen LogP contribution in [0.1, 0.15) is 23.2 Å². The van der Waals surface area contributed by atoms with Gasteiger partial charge in [0.25, 0.3) is 0 Å². The maximum Gasteiger partial charge on any atom is 0.220 e. The van der Waals surface area contributed by atoms with Gasteiger partial charge in [0.05, 0.1) is 18.4 Å². The van der Waals surface area contributed by atoms with E-state index in [9.17, 15) is 4.79 Å². The summed E-state index contributed by atoms with van der Waals surface area (Å²) in [6.45, 7) is 2.47. The summed E-state index contributed by atoms with van der Waals surface area (Å²) in [7, 11) is 0. The fourth-order valence-corrected chi connectivity index (χ4v) is 2.93. The van der Waals surface area contributed by atoms with E-state index in [-0.39, 0.29) is 5.91 Å². The van der Waals surface area contributed by atoms with Crippen LogP contribution in [0.25, 0.3) is 5.69 Å². The number of thiophene rings is 1. The second kappa shape index (κ2) is 7.19. The third-order valence-electron chi connectivity index (χ3n) is 3.66. The Kier molecular flexibility index (Phi) is 4.83. The van der Waals surface area contributed by atoms with Gasteiger partial charge in [-0.1, -0.05) is 29.5 Å². The summed E-state index contributed by atoms with van der Waals surface area (Å²) in [5, 5.41) is 15.0. The third-order valence-corrected chi connectivity index (χ3v) is 4.33. The Hall–Kier alpha value is -2.47. The topological polar surface area (TPSA) is 59.8 Å². The number of hydrogen-bond donors (Lipinski definition) is 1. The minimum atomic E-state index is 0.0262. The van der Waals surface area contributed by atoms with Crippen molar-refractivity contribution in [3.05, 3.63) is 64.1 Å². The largest absolute Gasteiger partial charge is 0.350 e. The van der Waals surface area contributed by atoms with Crippen LogP contribution in [0.4, 0.5) is 0 Å². The Bertz CT molecular complexity index is 780. The fraction of sp³-hybridized carbons (Fsp3) is 0.235. The van der Waals surface area contributed by atoms with Gasteiger partial charge in [-0.2, -0.15) is 11.3 Å². The SMILES string of the molecule is Cc1ccccc1CCC(=O)NCc1cn(-c2ccsc2)nn1. The molecule has 1 amide bonds. The molecule has 0 saturated carbocycles. The van der Waals surface area contributed by atoms with Gasteiger partial charge < -0.3 is 5.32 Å². The van der Waals surface area contributed by atoms with Gasteiger partial charge >= 0.3 is 0 Å². The van der Waals surface area contributed by atoms with E-state index >= 15 is 0 Å². The Balaban J connectivity index is 1.49. The average molecular weight is 326 g/mol. The summed E-state index contributed by atoms with van der Waals surface area (Å²) in [6, 6.07) is 10.1. The van der Waals surface area contributed by atoms with Gasteiger partial charge in [0.1, 0.15) is 5.69 Å². The van der Waals surface area contributed by atoms with E-state index in [2.05, 4.69) is 34.7 Å². The van der Waals surface area contributed by atoms with Crippen molar-refractivity contribution in [1.29, 1.82) is 0 Å². The number of rotatable bonds is 6. The molecular weight excluding hydrogens is 308 g/mol. The molecule has 0 aliphatic heterocycles. The maximum absolute atomic E-state index is 12.0. The van der Waals surface area contributed by atoms with E-state index in [4.69, 9.17) is 0 Å². The predicted molar refractivity (Wildman–Crippen MR) is 90.6 cm³/mol. The highest BCUT2D eigenvalue weighted by Crippen LogP contribution is 2.11. The number of amides is 1. The summed E-state index contributed by atoms with van der Waals surface area (Å²) in [4.78, 5) is 12.0. The Morgan fingerprint density at radius 1 is 1.30 bits per heavy atom. The van der Waals surface area contributed by atoms with Gasteiger partial charge in [0.15, 0.2) is 0 Å². The summed E-state index contributed by atoms with van der Waals surface area (Å²) in [5.74, 6) is 0.0262. The molecule has 1 N–H and O–H groups in total. The first-order valence-corrected chi connectivity index (χ1v) is 8.41. The van der Waals surface area contributed by atoms with Crippen LogP contribution >= 0.6 is 11.3 Å². The highest BCUT2D eigenvalue weighted by atomic mass is 32.1. The second-order valence-corrected chi connectivity index (χ2v) is 6.12. The zero-order chi connectivity index (χ0) is 16.1. The van der Waals surface area contributed by atoms with E-state index in [0.29, 0.717) is 13.0 Å². The smallest absolute Gasteiger partial charge is 0.220 e. The predicted octanol–water partition coefficient (Wildman–Crippen LogP) is 2.89. The minimum Gasteiger partial charge on any atom is -0.350 e. The standard InChI is InChI=1S/C17H18N4OS/c1-13-4-2-3-5-14(13)6-7-17(22)18-10-15-11-21(20-19-15)16-8-9-23-12-16/h2-5,8-9,11-12H,6-7,10H2,1H3,(H,18,22). The van der Waals surface area contributed by atoms with Crippen molar-refractivity contribution < 1.29 is 4.79 Å². The third kappa shape index (κ3) is 4.04. The monoisotopic (exact) mass is 326 g/mol. The van der Waals surface area contributed by atoms with Crippen LogP contribution in [0.3, 0.4) is 0 Å². The lowest BCUT2D eigenvalue weighted by molar-refractivity contribution is -0.121. The number of nitrogens with zero attached hydrogens (tertiary/aromatic N) is 3. The summed E-state index contributed by atoms with van der Waals surface area (Å²) in [6.07, 6.45) is 3.06. The molecule has 2 aromatic heterocycles. The molecule has 0 radical (unpaired) electrons. The molecule has 118 valence electrons. The lowest BCUT2D eigenvalue weighted by Crippen LogP contribution is -2.23. The quantitative estimate of drug-likeness (QED) is 0.758. The summed E-state index contributed by atoms with van der Waals surface area (Å²) < 4.78 is 1.71. The molecule has 5 nitrogen and oxygen atoms in total. The van der Waals surface area contributed by atoms with E-state index in [1.54, 1.807) is 16.0 Å². The molecule has 3 rings (SSSR count). The van der Waals surface area contributed by atoms with Crippen LogP contribution in [-0.2, 0) is 17.8 Å². The lowest BCUT2D eigenvalue weighted by Gasteiger charge is -2.05. The zero-order valence-corrected chi connectivity index (χ0v) is 13.7. The number of aryl methyl sites for hydroxylation is 2. The zero-order valence-electron chi connectivity index (χ0n) is 12.9. The Labute approximate surface area is 139 Å². The number of carbonyl (C=O) groups is 1. The van der Waals surface area contributed by atoms with Crippen molar-refractivity contribution >= 4 is 17.2 Å². The minimum absolute atomic E-state index is 0.0262. The number of nitrogens with one attached hydrogen (secondary N) is 1. The molecule has 2 heterocycles. The van der Waals surface area contributed by atoms with Crippen molar-refractivity contribution in [3.63, 3.8) is 0 Å². The second-order valence-electron chi connectivity index (χ2n) is 5.34. The van der Waals surface area contributed by atoms with E-state index in [1.165, 1.54) is 11.1 Å². The van der Waals surface area contributed by atoms with E-state index in [1.807, 2.05) is 35.2 Å². The Morgan fingerprint density at radius 2 is 2.17 bits per heavy atom. The van der Waals surface area contributed by atoms with Gasteiger partial charge in [-0.3, -0.25) is 4.79 Å². The summed E-state index contributed by atoms with van der Waals surface area (Å²) in [5.41, 5.74) is 4.17. The summed E-state index contributed by atoms with van der Waals surface area (Å²) >= 11 is 1.61. The van der Waals surface area contributed by atoms with Gasteiger partial charge in [0.2, 0.25) is 5.91 Å². The van der Waals surface area contributed by atoms with Crippen LogP contribution in [0.15, 0.2) is 47.3 Å². The van der Waals surface area contributed by atoms with Crippen molar-refractivity contribution in [3.8, 4) is 5.69 Å². The normalized spacial score (nSPS) is 10.7. The van der Waals surface area contributed by atoms with Crippen molar-refractivity contribution in [1.82, 2.24) is 20.3 Å². The van der Waals surface area contributed by atoms with Crippen molar-refractivity contribution in [2.75, 3.05) is 0 Å². The van der Waals surface area contributed by atoms with Gasteiger partial charge in [-0.15, -0.1) is 5.10 Å². The number of carbonyl (C=O) groups excluding carboxylic acids is 1. The van der Waals surface area contributed by atoms with Crippen LogP contribution in [0.2, 0.25) is 0 Å².